The summed E-state index contributed by atoms with van der Waals surface area (Å²) in [6.07, 6.45) is -8.65. The number of hydrogen-bond donors (Lipinski definition) is 0. The maximum atomic E-state index is 12.1. The lowest BCUT2D eigenvalue weighted by atomic mass is 10.4. The van der Waals surface area contributed by atoms with E-state index in [1.807, 2.05) is 0 Å². The summed E-state index contributed by atoms with van der Waals surface area (Å²) in [5, 5.41) is 0. The molecule has 3 nitrogen and oxygen atoms in total. The van der Waals surface area contributed by atoms with E-state index in [0.29, 0.717) is 0 Å². The summed E-state index contributed by atoms with van der Waals surface area (Å²) in [4.78, 5) is 21.1. The molecule has 9 heteroatoms. The highest BCUT2D eigenvalue weighted by molar-refractivity contribution is 5.87. The molecule has 0 unspecified atom stereocenters. The van der Waals surface area contributed by atoms with Gasteiger partial charge in [-0.2, -0.15) is 17.6 Å². The normalized spacial score (nSPS) is 9.53. The van der Waals surface area contributed by atoms with Crippen molar-refractivity contribution in [2.24, 2.45) is 0 Å². The van der Waals surface area contributed by atoms with Crippen molar-refractivity contribution in [2.75, 3.05) is 0 Å². The van der Waals surface area contributed by atoms with Crippen molar-refractivity contribution in [3.05, 3.63) is 23.8 Å². The monoisotopic (exact) mass is 262 g/mol. The van der Waals surface area contributed by atoms with E-state index in [0.717, 1.165) is 0 Å². The molecule has 0 aromatic heterocycles. The second kappa shape index (κ2) is 6.71. The molecule has 0 aliphatic carbocycles. The van der Waals surface area contributed by atoms with Crippen LogP contribution in [0.4, 0.5) is 26.3 Å². The van der Waals surface area contributed by atoms with Crippen LogP contribution in [0.15, 0.2) is 23.8 Å². The van der Waals surface area contributed by atoms with Gasteiger partial charge < -0.3 is 4.74 Å². The smallest absolute Gasteiger partial charge is 0.320 e. The van der Waals surface area contributed by atoms with Crippen LogP contribution >= 0.6 is 0 Å². The van der Waals surface area contributed by atoms with E-state index < -0.39 is 48.6 Å². The minimum absolute atomic E-state index is 1.54. The first-order chi connectivity index (χ1) is 7.73. The second-order valence-electron chi connectivity index (χ2n) is 2.53. The lowest BCUT2D eigenvalue weighted by Crippen LogP contribution is -2.12. The largest absolute Gasteiger partial charge is 0.393 e. The average Bonchev–Trinajstić information content (AvgIpc) is 2.16. The van der Waals surface area contributed by atoms with E-state index in [-0.39, 0.29) is 0 Å². The molecule has 0 aromatic rings. The Morgan fingerprint density at radius 3 is 1.24 bits per heavy atom. The van der Waals surface area contributed by atoms with Gasteiger partial charge in [0, 0.05) is 0 Å². The quantitative estimate of drug-likeness (QED) is 0.444. The molecule has 0 aliphatic rings. The van der Waals surface area contributed by atoms with Gasteiger partial charge in [-0.05, 0) is 0 Å². The molecule has 0 heterocycles. The van der Waals surface area contributed by atoms with E-state index in [1.165, 1.54) is 0 Å². The van der Waals surface area contributed by atoms with Crippen LogP contribution in [-0.4, -0.2) is 11.9 Å². The number of esters is 2. The minimum atomic E-state index is -2.78. The summed E-state index contributed by atoms with van der Waals surface area (Å²) in [5.74, 6) is -7.74. The summed E-state index contributed by atoms with van der Waals surface area (Å²) in [5.41, 5.74) is 0. The molecule has 0 bridgehead atoms. The van der Waals surface area contributed by atoms with Crippen LogP contribution in [0.25, 0.3) is 0 Å². The lowest BCUT2D eigenvalue weighted by molar-refractivity contribution is -0.159. The van der Waals surface area contributed by atoms with Gasteiger partial charge in [0.1, 0.15) is 12.8 Å². The summed E-state index contributed by atoms with van der Waals surface area (Å²) in [6, 6.07) is 0. The highest BCUT2D eigenvalue weighted by Gasteiger charge is 2.18. The number of carbonyl (C=O) groups excluding carboxylic acids is 2. The molecule has 96 valence electrons. The van der Waals surface area contributed by atoms with Gasteiger partial charge >= 0.3 is 24.1 Å². The molecule has 0 fully saturated rings. The standard InChI is InChI=1S/C8H4F6O3/c9-3(7(11)12)1-5(15)17-6(16)2-4(10)8(13)14/h1-2H2. The Balaban J connectivity index is 4.29. The first kappa shape index (κ1) is 15.2. The predicted octanol–water partition coefficient (Wildman–Crippen LogP) is 2.99. The van der Waals surface area contributed by atoms with Crippen molar-refractivity contribution in [3.8, 4) is 0 Å². The second-order valence-corrected chi connectivity index (χ2v) is 2.53. The Morgan fingerprint density at radius 1 is 0.706 bits per heavy atom. The fourth-order valence-corrected chi connectivity index (χ4v) is 0.586. The fourth-order valence-electron chi connectivity index (χ4n) is 0.586. The van der Waals surface area contributed by atoms with E-state index in [1.54, 1.807) is 0 Å². The van der Waals surface area contributed by atoms with Crippen molar-refractivity contribution in [1.29, 1.82) is 0 Å². The zero-order chi connectivity index (χ0) is 13.6. The van der Waals surface area contributed by atoms with Crippen LogP contribution in [0.3, 0.4) is 0 Å². The van der Waals surface area contributed by atoms with Crippen LogP contribution < -0.4 is 0 Å². The third-order valence-corrected chi connectivity index (χ3v) is 1.24. The maximum absolute atomic E-state index is 12.1. The Bertz CT molecular complexity index is 343. The van der Waals surface area contributed by atoms with Crippen LogP contribution in [0.5, 0.6) is 0 Å². The molecule has 0 saturated heterocycles. The van der Waals surface area contributed by atoms with Gasteiger partial charge in [-0.25, -0.2) is 8.78 Å². The third kappa shape index (κ3) is 6.38. The van der Waals surface area contributed by atoms with Crippen LogP contribution in [0, 0.1) is 0 Å². The van der Waals surface area contributed by atoms with E-state index in [4.69, 9.17) is 0 Å². The Morgan fingerprint density at radius 2 is 1.00 bits per heavy atom. The summed E-state index contributed by atoms with van der Waals surface area (Å²) < 4.78 is 73.8. The first-order valence-electron chi connectivity index (χ1n) is 3.86. The number of carbonyl (C=O) groups is 2. The molecular formula is C8H4F6O3. The molecule has 0 saturated carbocycles. The summed E-state index contributed by atoms with van der Waals surface area (Å²) >= 11 is 0. The van der Waals surface area contributed by atoms with Gasteiger partial charge in [-0.15, -0.1) is 0 Å². The van der Waals surface area contributed by atoms with Crippen LogP contribution in [0.2, 0.25) is 0 Å². The van der Waals surface area contributed by atoms with E-state index in [9.17, 15) is 35.9 Å². The molecule has 0 atom stereocenters. The SMILES string of the molecule is O=C(CC(F)=C(F)F)OC(=O)CC(F)=C(F)F. The van der Waals surface area contributed by atoms with Crippen molar-refractivity contribution in [2.45, 2.75) is 12.8 Å². The first-order valence-corrected chi connectivity index (χ1v) is 3.86. The average molecular weight is 262 g/mol. The van der Waals surface area contributed by atoms with Gasteiger partial charge in [0.2, 0.25) is 0 Å². The predicted molar refractivity (Wildman–Crippen MR) is 41.0 cm³/mol. The summed E-state index contributed by atoms with van der Waals surface area (Å²) in [7, 11) is 0. The van der Waals surface area contributed by atoms with E-state index in [2.05, 4.69) is 4.74 Å². The van der Waals surface area contributed by atoms with Gasteiger partial charge in [0.15, 0.2) is 11.7 Å². The number of rotatable bonds is 4. The van der Waals surface area contributed by atoms with Gasteiger partial charge in [-0.3, -0.25) is 9.59 Å². The molecule has 0 rings (SSSR count). The lowest BCUT2D eigenvalue weighted by Gasteiger charge is -2.00. The molecule has 0 radical (unpaired) electrons. The molecule has 17 heavy (non-hydrogen) atoms. The molecule has 0 spiro atoms. The number of hydrogen-bond acceptors (Lipinski definition) is 3. The van der Waals surface area contributed by atoms with Gasteiger partial charge in [-0.1, -0.05) is 0 Å². The van der Waals surface area contributed by atoms with Crippen LogP contribution in [0.1, 0.15) is 12.8 Å². The van der Waals surface area contributed by atoms with Crippen molar-refractivity contribution in [3.63, 3.8) is 0 Å². The van der Waals surface area contributed by atoms with Crippen molar-refractivity contribution in [1.82, 2.24) is 0 Å². The minimum Gasteiger partial charge on any atom is -0.393 e. The maximum Gasteiger partial charge on any atom is 0.320 e. The fraction of sp³-hybridized carbons (Fsp3) is 0.250. The molecular weight excluding hydrogens is 258 g/mol. The molecule has 0 aliphatic heterocycles. The Hall–Kier alpha value is -1.80. The third-order valence-electron chi connectivity index (χ3n) is 1.24. The summed E-state index contributed by atoms with van der Waals surface area (Å²) in [6.45, 7) is 0. The molecule has 0 amide bonds. The van der Waals surface area contributed by atoms with Gasteiger partial charge in [0.05, 0.1) is 0 Å². The molecule has 0 N–H and O–H groups in total. The van der Waals surface area contributed by atoms with Crippen LogP contribution in [-0.2, 0) is 14.3 Å². The van der Waals surface area contributed by atoms with Crippen molar-refractivity contribution < 1.29 is 40.7 Å². The highest BCUT2D eigenvalue weighted by atomic mass is 19.3. The van der Waals surface area contributed by atoms with Crippen molar-refractivity contribution >= 4 is 11.9 Å². The van der Waals surface area contributed by atoms with E-state index >= 15 is 0 Å². The highest BCUT2D eigenvalue weighted by Crippen LogP contribution is 2.16. The Labute approximate surface area is 90.3 Å². The van der Waals surface area contributed by atoms with Gasteiger partial charge in [0.25, 0.3) is 0 Å². The topological polar surface area (TPSA) is 43.4 Å². The number of halogens is 6. The zero-order valence-electron chi connectivity index (χ0n) is 7.91. The number of ether oxygens (including phenoxy) is 1. The zero-order valence-corrected chi connectivity index (χ0v) is 7.91. The Kier molecular flexibility index (Phi) is 6.00. The molecule has 0 aromatic carbocycles.